The van der Waals surface area contributed by atoms with Crippen molar-refractivity contribution in [3.05, 3.63) is 48.3 Å². The SMILES string of the molecule is CCC(CC)C(CNC(=NC)NCc1ccc(-n2cccn2)cc1)N1CCOCC1. The van der Waals surface area contributed by atoms with Crippen molar-refractivity contribution in [2.45, 2.75) is 39.3 Å². The van der Waals surface area contributed by atoms with Crippen molar-refractivity contribution in [1.29, 1.82) is 0 Å². The Morgan fingerprint density at radius 3 is 2.47 bits per heavy atom. The predicted molar refractivity (Wildman–Crippen MR) is 122 cm³/mol. The fourth-order valence-corrected chi connectivity index (χ4v) is 4.13. The van der Waals surface area contributed by atoms with E-state index < -0.39 is 0 Å². The highest BCUT2D eigenvalue weighted by Crippen LogP contribution is 2.19. The lowest BCUT2D eigenvalue weighted by Crippen LogP contribution is -2.53. The van der Waals surface area contributed by atoms with Crippen LogP contribution in [-0.4, -0.2) is 66.6 Å². The molecule has 0 aliphatic carbocycles. The molecule has 7 heteroatoms. The number of guanidine groups is 1. The molecule has 164 valence electrons. The number of nitrogens with zero attached hydrogens (tertiary/aromatic N) is 4. The van der Waals surface area contributed by atoms with Gasteiger partial charge in [-0.25, -0.2) is 4.68 Å². The van der Waals surface area contributed by atoms with Crippen molar-refractivity contribution in [3.8, 4) is 5.69 Å². The van der Waals surface area contributed by atoms with Crippen LogP contribution in [-0.2, 0) is 11.3 Å². The molecule has 1 aliphatic rings. The van der Waals surface area contributed by atoms with Gasteiger partial charge in [0.2, 0.25) is 0 Å². The zero-order chi connectivity index (χ0) is 21.2. The predicted octanol–water partition coefficient (Wildman–Crippen LogP) is 2.67. The maximum absolute atomic E-state index is 5.56. The van der Waals surface area contributed by atoms with Crippen LogP contribution in [0.3, 0.4) is 0 Å². The molecule has 1 saturated heterocycles. The van der Waals surface area contributed by atoms with Gasteiger partial charge in [-0.2, -0.15) is 5.10 Å². The number of benzene rings is 1. The summed E-state index contributed by atoms with van der Waals surface area (Å²) in [4.78, 5) is 7.01. The first-order valence-corrected chi connectivity index (χ1v) is 11.1. The summed E-state index contributed by atoms with van der Waals surface area (Å²) in [7, 11) is 1.83. The second-order valence-electron chi connectivity index (χ2n) is 7.72. The summed E-state index contributed by atoms with van der Waals surface area (Å²) >= 11 is 0. The van der Waals surface area contributed by atoms with Crippen molar-refractivity contribution in [2.75, 3.05) is 39.9 Å². The third kappa shape index (κ3) is 6.06. The lowest BCUT2D eigenvalue weighted by molar-refractivity contribution is 0.00272. The van der Waals surface area contributed by atoms with Gasteiger partial charge in [0.25, 0.3) is 0 Å². The molecule has 30 heavy (non-hydrogen) atoms. The van der Waals surface area contributed by atoms with Crippen molar-refractivity contribution in [3.63, 3.8) is 0 Å². The molecule has 2 N–H and O–H groups in total. The van der Waals surface area contributed by atoms with Gasteiger partial charge in [0.1, 0.15) is 0 Å². The van der Waals surface area contributed by atoms with Crippen LogP contribution in [0.4, 0.5) is 0 Å². The van der Waals surface area contributed by atoms with Crippen LogP contribution in [0.5, 0.6) is 0 Å². The second-order valence-corrected chi connectivity index (χ2v) is 7.72. The monoisotopic (exact) mass is 412 g/mol. The Bertz CT molecular complexity index is 749. The van der Waals surface area contributed by atoms with Gasteiger partial charge >= 0.3 is 0 Å². The number of aromatic nitrogens is 2. The largest absolute Gasteiger partial charge is 0.379 e. The van der Waals surface area contributed by atoms with Crippen LogP contribution in [0.1, 0.15) is 32.3 Å². The average molecular weight is 413 g/mol. The summed E-state index contributed by atoms with van der Waals surface area (Å²) in [6.45, 7) is 9.89. The van der Waals surface area contributed by atoms with E-state index in [1.807, 2.05) is 24.0 Å². The first kappa shape index (κ1) is 22.3. The molecule has 1 aliphatic heterocycles. The quantitative estimate of drug-likeness (QED) is 0.490. The molecule has 7 nitrogen and oxygen atoms in total. The second kappa shape index (κ2) is 11.7. The lowest BCUT2D eigenvalue weighted by Gasteiger charge is -2.39. The maximum Gasteiger partial charge on any atom is 0.191 e. The zero-order valence-corrected chi connectivity index (χ0v) is 18.6. The van der Waals surface area contributed by atoms with E-state index in [-0.39, 0.29) is 0 Å². The van der Waals surface area contributed by atoms with E-state index in [0.717, 1.165) is 51.0 Å². The van der Waals surface area contributed by atoms with Crippen LogP contribution in [0.15, 0.2) is 47.7 Å². The van der Waals surface area contributed by atoms with Gasteiger partial charge in [0.15, 0.2) is 5.96 Å². The highest BCUT2D eigenvalue weighted by atomic mass is 16.5. The maximum atomic E-state index is 5.56. The minimum Gasteiger partial charge on any atom is -0.379 e. The Hall–Kier alpha value is -2.38. The summed E-state index contributed by atoms with van der Waals surface area (Å²) in [6.07, 6.45) is 6.12. The van der Waals surface area contributed by atoms with Crippen LogP contribution >= 0.6 is 0 Å². The van der Waals surface area contributed by atoms with E-state index in [0.29, 0.717) is 12.0 Å². The molecule has 0 radical (unpaired) electrons. The molecule has 1 aromatic carbocycles. The average Bonchev–Trinajstić information content (AvgIpc) is 3.34. The molecule has 1 aromatic heterocycles. The van der Waals surface area contributed by atoms with E-state index in [1.54, 1.807) is 6.20 Å². The Labute approximate surface area is 180 Å². The lowest BCUT2D eigenvalue weighted by atomic mass is 9.92. The molecule has 2 heterocycles. The normalized spacial score (nSPS) is 16.6. The van der Waals surface area contributed by atoms with E-state index in [2.05, 4.69) is 63.7 Å². The third-order valence-corrected chi connectivity index (χ3v) is 5.98. The van der Waals surface area contributed by atoms with Crippen molar-refractivity contribution in [1.82, 2.24) is 25.3 Å². The van der Waals surface area contributed by atoms with E-state index in [4.69, 9.17) is 4.74 Å². The molecule has 1 atom stereocenters. The van der Waals surface area contributed by atoms with Gasteiger partial charge in [-0.3, -0.25) is 9.89 Å². The topological polar surface area (TPSA) is 66.7 Å². The molecule has 2 aromatic rings. The van der Waals surface area contributed by atoms with Crippen molar-refractivity contribution in [2.24, 2.45) is 10.9 Å². The van der Waals surface area contributed by atoms with Gasteiger partial charge in [-0.1, -0.05) is 38.8 Å². The Morgan fingerprint density at radius 2 is 1.87 bits per heavy atom. The highest BCUT2D eigenvalue weighted by molar-refractivity contribution is 5.79. The molecule has 3 rings (SSSR count). The minimum atomic E-state index is 0.496. The fraction of sp³-hybridized carbons (Fsp3) is 0.565. The summed E-state index contributed by atoms with van der Waals surface area (Å²) in [6, 6.07) is 10.8. The molecule has 0 amide bonds. The zero-order valence-electron chi connectivity index (χ0n) is 18.6. The standard InChI is InChI=1S/C23H36N6O/c1-4-20(5-2)22(28-13-15-30-16-14-28)18-26-23(24-3)25-17-19-7-9-21(10-8-19)29-12-6-11-27-29/h6-12,20,22H,4-5,13-18H2,1-3H3,(H2,24,25,26). The summed E-state index contributed by atoms with van der Waals surface area (Å²) in [5.41, 5.74) is 2.27. The van der Waals surface area contributed by atoms with Crippen molar-refractivity contribution < 1.29 is 4.74 Å². The van der Waals surface area contributed by atoms with Crippen LogP contribution in [0.25, 0.3) is 5.69 Å². The number of hydrogen-bond donors (Lipinski definition) is 2. The van der Waals surface area contributed by atoms with Crippen LogP contribution in [0.2, 0.25) is 0 Å². The minimum absolute atomic E-state index is 0.496. The Balaban J connectivity index is 1.53. The van der Waals surface area contributed by atoms with Gasteiger partial charge in [0, 0.05) is 51.7 Å². The first-order chi connectivity index (χ1) is 14.7. The molecule has 0 spiro atoms. The first-order valence-electron chi connectivity index (χ1n) is 11.1. The highest BCUT2D eigenvalue weighted by Gasteiger charge is 2.26. The molecule has 1 fully saturated rings. The molecular weight excluding hydrogens is 376 g/mol. The molecule has 0 bridgehead atoms. The van der Waals surface area contributed by atoms with Gasteiger partial charge in [-0.15, -0.1) is 0 Å². The summed E-state index contributed by atoms with van der Waals surface area (Å²) < 4.78 is 7.42. The smallest absolute Gasteiger partial charge is 0.191 e. The summed E-state index contributed by atoms with van der Waals surface area (Å²) in [5, 5.41) is 11.3. The van der Waals surface area contributed by atoms with Gasteiger partial charge in [0.05, 0.1) is 18.9 Å². The molecule has 0 saturated carbocycles. The van der Waals surface area contributed by atoms with Crippen molar-refractivity contribution >= 4 is 5.96 Å². The number of aliphatic imine (C=N–C) groups is 1. The van der Waals surface area contributed by atoms with E-state index >= 15 is 0 Å². The van der Waals surface area contributed by atoms with Crippen LogP contribution in [0, 0.1) is 5.92 Å². The van der Waals surface area contributed by atoms with Gasteiger partial charge < -0.3 is 15.4 Å². The number of morpholine rings is 1. The Morgan fingerprint density at radius 1 is 1.13 bits per heavy atom. The summed E-state index contributed by atoms with van der Waals surface area (Å²) in [5.74, 6) is 1.51. The van der Waals surface area contributed by atoms with Crippen LogP contribution < -0.4 is 10.6 Å². The Kier molecular flexibility index (Phi) is 8.71. The molecule has 1 unspecified atom stereocenters. The molecular formula is C23H36N6O. The number of hydrogen-bond acceptors (Lipinski definition) is 4. The van der Waals surface area contributed by atoms with E-state index in [1.165, 1.54) is 18.4 Å². The van der Waals surface area contributed by atoms with E-state index in [9.17, 15) is 0 Å². The number of ether oxygens (including phenoxy) is 1. The fourth-order valence-electron chi connectivity index (χ4n) is 4.13. The number of nitrogens with one attached hydrogen (secondary N) is 2. The number of rotatable bonds is 9. The third-order valence-electron chi connectivity index (χ3n) is 5.98. The van der Waals surface area contributed by atoms with Gasteiger partial charge in [-0.05, 0) is 29.7 Å².